The maximum Gasteiger partial charge on any atom is 0.433 e. The minimum absolute atomic E-state index is 0.0546. The number of aryl methyl sites for hydroxylation is 1. The van der Waals surface area contributed by atoms with Crippen molar-refractivity contribution in [1.29, 1.82) is 0 Å². The van der Waals surface area contributed by atoms with Gasteiger partial charge in [-0.25, -0.2) is 4.98 Å². The summed E-state index contributed by atoms with van der Waals surface area (Å²) in [6.45, 7) is 7.76. The molecule has 0 radical (unpaired) electrons. The van der Waals surface area contributed by atoms with Gasteiger partial charge in [0, 0.05) is 22.0 Å². The summed E-state index contributed by atoms with van der Waals surface area (Å²) in [4.78, 5) is 29.0. The number of hydrogen-bond acceptors (Lipinski definition) is 4. The van der Waals surface area contributed by atoms with E-state index in [1.165, 1.54) is 6.07 Å². The zero-order chi connectivity index (χ0) is 27.6. The number of nitrogens with zero attached hydrogens (tertiary/aromatic N) is 3. The van der Waals surface area contributed by atoms with E-state index < -0.39 is 17.8 Å². The Hall–Kier alpha value is -3.99. The number of aromatic nitrogens is 3. The number of carbonyl (C=O) groups excluding carboxylic acids is 2. The van der Waals surface area contributed by atoms with E-state index in [4.69, 9.17) is 0 Å². The molecule has 0 atom stereocenters. The van der Waals surface area contributed by atoms with Crippen molar-refractivity contribution in [2.24, 2.45) is 0 Å². The van der Waals surface area contributed by atoms with Gasteiger partial charge in [0.05, 0.1) is 34.7 Å². The standard InChI is InChI=1S/C27H23BrF3N5O2/c1-4-11-32-25(37)18-7-5-17(6-8-18)14-36-16(3)24(15(2)35-36)34-26(38)21-13-23(27(29,30)31)33-22-10-9-19(28)12-20(21)22/h4-10,12-13H,1,11,14H2,2-3H3,(H,32,37)(H,34,38). The Balaban J connectivity index is 1.60. The van der Waals surface area contributed by atoms with Gasteiger partial charge in [0.2, 0.25) is 0 Å². The second-order valence-electron chi connectivity index (χ2n) is 8.57. The normalized spacial score (nSPS) is 11.4. The van der Waals surface area contributed by atoms with Crippen molar-refractivity contribution in [1.82, 2.24) is 20.1 Å². The Labute approximate surface area is 224 Å². The van der Waals surface area contributed by atoms with Crippen LogP contribution in [0.2, 0.25) is 0 Å². The van der Waals surface area contributed by atoms with E-state index >= 15 is 0 Å². The maximum absolute atomic E-state index is 13.5. The number of nitrogens with one attached hydrogen (secondary N) is 2. The van der Waals surface area contributed by atoms with Gasteiger partial charge in [-0.1, -0.05) is 34.1 Å². The number of amides is 2. The third-order valence-corrected chi connectivity index (χ3v) is 6.37. The molecule has 0 spiro atoms. The first-order valence-electron chi connectivity index (χ1n) is 11.5. The highest BCUT2D eigenvalue weighted by molar-refractivity contribution is 9.10. The summed E-state index contributed by atoms with van der Waals surface area (Å²) in [6.07, 6.45) is -3.12. The molecule has 2 aromatic heterocycles. The highest BCUT2D eigenvalue weighted by atomic mass is 79.9. The van der Waals surface area contributed by atoms with Gasteiger partial charge < -0.3 is 10.6 Å². The van der Waals surface area contributed by atoms with Crippen molar-refractivity contribution < 1.29 is 22.8 Å². The largest absolute Gasteiger partial charge is 0.433 e. The second-order valence-corrected chi connectivity index (χ2v) is 9.48. The number of fused-ring (bicyclic) bond motifs is 1. The molecule has 0 aliphatic heterocycles. The number of rotatable bonds is 7. The van der Waals surface area contributed by atoms with E-state index in [-0.39, 0.29) is 22.4 Å². The van der Waals surface area contributed by atoms with E-state index in [2.05, 4.69) is 43.2 Å². The Morgan fingerprint density at radius 2 is 1.79 bits per heavy atom. The van der Waals surface area contributed by atoms with Gasteiger partial charge in [-0.3, -0.25) is 14.3 Å². The second kappa shape index (κ2) is 10.8. The predicted molar refractivity (Wildman–Crippen MR) is 142 cm³/mol. The summed E-state index contributed by atoms with van der Waals surface area (Å²) < 4.78 is 42.7. The number of carbonyl (C=O) groups is 2. The summed E-state index contributed by atoms with van der Waals surface area (Å²) in [5.41, 5.74) is 1.66. The zero-order valence-electron chi connectivity index (χ0n) is 20.5. The molecule has 0 saturated carbocycles. The molecular formula is C27H23BrF3N5O2. The highest BCUT2D eigenvalue weighted by Gasteiger charge is 2.34. The molecule has 38 heavy (non-hydrogen) atoms. The zero-order valence-corrected chi connectivity index (χ0v) is 22.1. The fourth-order valence-corrected chi connectivity index (χ4v) is 4.31. The van der Waals surface area contributed by atoms with Gasteiger partial charge in [-0.15, -0.1) is 6.58 Å². The lowest BCUT2D eigenvalue weighted by atomic mass is 10.1. The molecule has 2 heterocycles. The Bertz CT molecular complexity index is 1550. The Morgan fingerprint density at radius 3 is 2.45 bits per heavy atom. The first-order chi connectivity index (χ1) is 18.0. The molecule has 2 N–H and O–H groups in total. The van der Waals surface area contributed by atoms with Crippen molar-refractivity contribution in [3.05, 3.63) is 99.4 Å². The van der Waals surface area contributed by atoms with Crippen LogP contribution in [0.5, 0.6) is 0 Å². The Morgan fingerprint density at radius 1 is 1.08 bits per heavy atom. The number of alkyl halides is 3. The smallest absolute Gasteiger partial charge is 0.349 e. The van der Waals surface area contributed by atoms with Crippen LogP contribution in [0.15, 0.2) is 65.7 Å². The van der Waals surface area contributed by atoms with Gasteiger partial charge >= 0.3 is 6.18 Å². The summed E-state index contributed by atoms with van der Waals surface area (Å²) in [7, 11) is 0. The lowest BCUT2D eigenvalue weighted by Crippen LogP contribution is -2.23. The molecule has 2 aromatic carbocycles. The number of benzene rings is 2. The van der Waals surface area contributed by atoms with Crippen LogP contribution < -0.4 is 10.6 Å². The van der Waals surface area contributed by atoms with E-state index in [9.17, 15) is 22.8 Å². The maximum atomic E-state index is 13.5. The van der Waals surface area contributed by atoms with Crippen LogP contribution in [-0.4, -0.2) is 33.1 Å². The molecule has 0 unspecified atom stereocenters. The predicted octanol–water partition coefficient (Wildman–Crippen LogP) is 6.05. The minimum Gasteiger partial charge on any atom is -0.349 e. The van der Waals surface area contributed by atoms with Crippen LogP contribution in [0, 0.1) is 13.8 Å². The van der Waals surface area contributed by atoms with E-state index in [0.29, 0.717) is 40.2 Å². The third kappa shape index (κ3) is 5.77. The number of anilines is 1. The van der Waals surface area contributed by atoms with Crippen molar-refractivity contribution >= 4 is 44.3 Å². The van der Waals surface area contributed by atoms with E-state index in [1.807, 2.05) is 0 Å². The van der Waals surface area contributed by atoms with Crippen LogP contribution in [0.4, 0.5) is 18.9 Å². The van der Waals surface area contributed by atoms with Crippen molar-refractivity contribution in [2.45, 2.75) is 26.6 Å². The van der Waals surface area contributed by atoms with Crippen molar-refractivity contribution in [2.75, 3.05) is 11.9 Å². The molecule has 4 aromatic rings. The minimum atomic E-state index is -4.71. The van der Waals surface area contributed by atoms with Gasteiger partial charge in [-0.2, -0.15) is 18.3 Å². The molecule has 0 aliphatic carbocycles. The molecular weight excluding hydrogens is 563 g/mol. The fraction of sp³-hybridized carbons (Fsp3) is 0.185. The van der Waals surface area contributed by atoms with Crippen LogP contribution >= 0.6 is 15.9 Å². The first-order valence-corrected chi connectivity index (χ1v) is 12.3. The molecule has 11 heteroatoms. The van der Waals surface area contributed by atoms with Crippen molar-refractivity contribution in [3.8, 4) is 0 Å². The van der Waals surface area contributed by atoms with Gasteiger partial charge in [-0.05, 0) is 55.8 Å². The van der Waals surface area contributed by atoms with E-state index in [1.54, 1.807) is 61.0 Å². The summed E-state index contributed by atoms with van der Waals surface area (Å²) in [6, 6.07) is 12.3. The topological polar surface area (TPSA) is 88.9 Å². The molecule has 2 amide bonds. The lowest BCUT2D eigenvalue weighted by Gasteiger charge is -2.13. The van der Waals surface area contributed by atoms with Crippen LogP contribution in [0.3, 0.4) is 0 Å². The van der Waals surface area contributed by atoms with Crippen LogP contribution in [0.1, 0.15) is 43.4 Å². The molecule has 196 valence electrons. The van der Waals surface area contributed by atoms with Crippen LogP contribution in [-0.2, 0) is 12.7 Å². The van der Waals surface area contributed by atoms with Gasteiger partial charge in [0.25, 0.3) is 11.8 Å². The van der Waals surface area contributed by atoms with Gasteiger partial charge in [0.15, 0.2) is 0 Å². The molecule has 7 nitrogen and oxygen atoms in total. The SMILES string of the molecule is C=CCNC(=O)c1ccc(Cn2nc(C)c(NC(=O)c3cc(C(F)(F)F)nc4ccc(Br)cc34)c2C)cc1. The van der Waals surface area contributed by atoms with Gasteiger partial charge in [0.1, 0.15) is 5.69 Å². The fourth-order valence-electron chi connectivity index (χ4n) is 3.95. The quantitative estimate of drug-likeness (QED) is 0.259. The number of pyridine rings is 1. The molecule has 4 rings (SSSR count). The number of halogens is 4. The Kier molecular flexibility index (Phi) is 7.68. The average molecular weight is 586 g/mol. The number of hydrogen-bond donors (Lipinski definition) is 2. The molecule has 0 aliphatic rings. The van der Waals surface area contributed by atoms with Crippen LogP contribution in [0.25, 0.3) is 10.9 Å². The average Bonchev–Trinajstić information content (AvgIpc) is 3.13. The monoisotopic (exact) mass is 585 g/mol. The molecule has 0 saturated heterocycles. The highest BCUT2D eigenvalue weighted by Crippen LogP contribution is 2.32. The lowest BCUT2D eigenvalue weighted by molar-refractivity contribution is -0.140. The summed E-state index contributed by atoms with van der Waals surface area (Å²) >= 11 is 3.30. The molecule has 0 fully saturated rings. The van der Waals surface area contributed by atoms with E-state index in [0.717, 1.165) is 11.6 Å². The first kappa shape index (κ1) is 27.1. The van der Waals surface area contributed by atoms with Crippen molar-refractivity contribution in [3.63, 3.8) is 0 Å². The molecule has 0 bridgehead atoms. The third-order valence-electron chi connectivity index (χ3n) is 5.88. The summed E-state index contributed by atoms with van der Waals surface area (Å²) in [5, 5.41) is 10.2. The summed E-state index contributed by atoms with van der Waals surface area (Å²) in [5.74, 6) is -0.918.